The molecule has 0 aliphatic carbocycles. The highest BCUT2D eigenvalue weighted by Crippen LogP contribution is 2.31. The van der Waals surface area contributed by atoms with E-state index in [4.69, 9.17) is 16.7 Å². The van der Waals surface area contributed by atoms with Gasteiger partial charge in [-0.25, -0.2) is 12.8 Å². The van der Waals surface area contributed by atoms with Crippen LogP contribution in [0.2, 0.25) is 5.02 Å². The number of sulfonamides is 1. The fraction of sp³-hybridized carbons (Fsp3) is 0.500. The summed E-state index contributed by atoms with van der Waals surface area (Å²) < 4.78 is 40.0. The molecule has 1 saturated heterocycles. The van der Waals surface area contributed by atoms with Gasteiger partial charge in [-0.05, 0) is 37.0 Å². The first-order valence-corrected chi connectivity index (χ1v) is 8.63. The molecule has 1 aliphatic rings. The Labute approximate surface area is 133 Å². The third-order valence-corrected chi connectivity index (χ3v) is 6.10. The van der Waals surface area contributed by atoms with E-state index < -0.39 is 27.7 Å². The van der Waals surface area contributed by atoms with Crippen LogP contribution in [0.4, 0.5) is 4.39 Å². The van der Waals surface area contributed by atoms with Crippen LogP contribution in [0.3, 0.4) is 0 Å². The average molecular weight is 350 g/mol. The van der Waals surface area contributed by atoms with Gasteiger partial charge in [-0.1, -0.05) is 18.5 Å². The van der Waals surface area contributed by atoms with Crippen LogP contribution in [0.15, 0.2) is 17.0 Å². The third-order valence-electron chi connectivity index (χ3n) is 3.81. The molecule has 2 atom stereocenters. The molecule has 2 unspecified atom stereocenters. The van der Waals surface area contributed by atoms with Crippen LogP contribution >= 0.6 is 11.6 Å². The number of carbonyl (C=O) groups is 1. The second-order valence-electron chi connectivity index (χ2n) is 5.73. The quantitative estimate of drug-likeness (QED) is 0.909. The number of hydrogen-bond acceptors (Lipinski definition) is 3. The van der Waals surface area contributed by atoms with Gasteiger partial charge in [0.2, 0.25) is 10.0 Å². The van der Waals surface area contributed by atoms with Crippen molar-refractivity contribution in [2.24, 2.45) is 11.8 Å². The molecule has 0 aromatic heterocycles. The summed E-state index contributed by atoms with van der Waals surface area (Å²) in [5.74, 6) is -2.43. The normalized spacial score (nSPS) is 23.5. The lowest BCUT2D eigenvalue weighted by Crippen LogP contribution is -2.45. The van der Waals surface area contributed by atoms with E-state index in [1.54, 1.807) is 6.92 Å². The molecular weight excluding hydrogens is 333 g/mol. The van der Waals surface area contributed by atoms with E-state index in [-0.39, 0.29) is 34.5 Å². The van der Waals surface area contributed by atoms with E-state index in [2.05, 4.69) is 0 Å². The van der Waals surface area contributed by atoms with Crippen molar-refractivity contribution in [1.29, 1.82) is 0 Å². The molecule has 22 heavy (non-hydrogen) atoms. The van der Waals surface area contributed by atoms with E-state index in [0.29, 0.717) is 6.42 Å². The summed E-state index contributed by atoms with van der Waals surface area (Å²) >= 11 is 5.88. The van der Waals surface area contributed by atoms with Crippen molar-refractivity contribution in [3.05, 3.63) is 28.5 Å². The van der Waals surface area contributed by atoms with Gasteiger partial charge in [-0.3, -0.25) is 4.79 Å². The van der Waals surface area contributed by atoms with Gasteiger partial charge in [0, 0.05) is 13.1 Å². The van der Waals surface area contributed by atoms with Crippen molar-refractivity contribution in [3.63, 3.8) is 0 Å². The average Bonchev–Trinajstić information content (AvgIpc) is 2.41. The number of carboxylic acids is 1. The Bertz CT molecular complexity index is 707. The Morgan fingerprint density at radius 2 is 2.05 bits per heavy atom. The Hall–Kier alpha value is -1.18. The van der Waals surface area contributed by atoms with Gasteiger partial charge in [0.05, 0.1) is 10.9 Å². The van der Waals surface area contributed by atoms with E-state index in [0.717, 1.165) is 10.4 Å². The van der Waals surface area contributed by atoms with Crippen molar-refractivity contribution in [3.8, 4) is 0 Å². The van der Waals surface area contributed by atoms with Crippen molar-refractivity contribution in [1.82, 2.24) is 4.31 Å². The molecule has 1 aromatic carbocycles. The molecule has 0 spiro atoms. The Morgan fingerprint density at radius 3 is 2.64 bits per heavy atom. The minimum Gasteiger partial charge on any atom is -0.481 e. The Kier molecular flexibility index (Phi) is 4.79. The van der Waals surface area contributed by atoms with Crippen LogP contribution in [0.1, 0.15) is 18.9 Å². The first-order valence-electron chi connectivity index (χ1n) is 6.81. The first-order chi connectivity index (χ1) is 10.1. The predicted octanol–water partition coefficient (Wildman–Crippen LogP) is 2.52. The molecule has 1 fully saturated rings. The van der Waals surface area contributed by atoms with Gasteiger partial charge < -0.3 is 5.11 Å². The van der Waals surface area contributed by atoms with Gasteiger partial charge in [-0.15, -0.1) is 0 Å². The standard InChI is InChI=1S/C14H17ClFNO4S/c1-8-3-10(14(18)19)7-17(6-8)22(20,21)13-4-9(2)12(16)5-11(13)15/h4-5,8,10H,3,6-7H2,1-2H3,(H,18,19). The summed E-state index contributed by atoms with van der Waals surface area (Å²) in [7, 11) is -3.96. The molecule has 0 radical (unpaired) electrons. The molecule has 0 amide bonds. The van der Waals surface area contributed by atoms with Gasteiger partial charge in [0.1, 0.15) is 10.7 Å². The molecular formula is C14H17ClFNO4S. The smallest absolute Gasteiger partial charge is 0.307 e. The molecule has 5 nitrogen and oxygen atoms in total. The summed E-state index contributed by atoms with van der Waals surface area (Å²) in [6.45, 7) is 3.37. The summed E-state index contributed by atoms with van der Waals surface area (Å²) in [6.07, 6.45) is 0.428. The molecule has 8 heteroatoms. The zero-order valence-electron chi connectivity index (χ0n) is 12.2. The lowest BCUT2D eigenvalue weighted by molar-refractivity contribution is -0.143. The number of hydrogen-bond donors (Lipinski definition) is 1. The SMILES string of the molecule is Cc1cc(S(=O)(=O)N2CC(C)CC(C(=O)O)C2)c(Cl)cc1F. The Balaban J connectivity index is 2.42. The monoisotopic (exact) mass is 349 g/mol. The fourth-order valence-electron chi connectivity index (χ4n) is 2.65. The fourth-order valence-corrected chi connectivity index (χ4v) is 4.82. The number of halogens is 2. The summed E-state index contributed by atoms with van der Waals surface area (Å²) in [6, 6.07) is 2.15. The highest BCUT2D eigenvalue weighted by molar-refractivity contribution is 7.89. The highest BCUT2D eigenvalue weighted by atomic mass is 35.5. The second-order valence-corrected chi connectivity index (χ2v) is 8.04. The van der Waals surface area contributed by atoms with Crippen LogP contribution in [0.5, 0.6) is 0 Å². The van der Waals surface area contributed by atoms with E-state index in [9.17, 15) is 17.6 Å². The first kappa shape index (κ1) is 17.2. The Morgan fingerprint density at radius 1 is 1.41 bits per heavy atom. The second kappa shape index (κ2) is 6.14. The van der Waals surface area contributed by atoms with Gasteiger partial charge in [0.25, 0.3) is 0 Å². The zero-order chi connectivity index (χ0) is 16.7. The minimum atomic E-state index is -3.96. The predicted molar refractivity (Wildman–Crippen MR) is 79.8 cm³/mol. The third kappa shape index (κ3) is 3.26. The van der Waals surface area contributed by atoms with Crippen LogP contribution in [-0.4, -0.2) is 36.9 Å². The van der Waals surface area contributed by atoms with Crippen LogP contribution < -0.4 is 0 Å². The van der Waals surface area contributed by atoms with Gasteiger partial charge in [-0.2, -0.15) is 4.31 Å². The molecule has 0 saturated carbocycles. The summed E-state index contributed by atoms with van der Waals surface area (Å²) in [5.41, 5.74) is 0.169. The number of piperidine rings is 1. The molecule has 1 N–H and O–H groups in total. The number of carboxylic acid groups (broad SMARTS) is 1. The zero-order valence-corrected chi connectivity index (χ0v) is 13.8. The number of aliphatic carboxylic acids is 1. The maximum Gasteiger partial charge on any atom is 0.307 e. The maximum atomic E-state index is 13.4. The number of rotatable bonds is 3. The van der Waals surface area contributed by atoms with Crippen molar-refractivity contribution in [2.75, 3.05) is 13.1 Å². The molecule has 1 aromatic rings. The lowest BCUT2D eigenvalue weighted by Gasteiger charge is -2.34. The van der Waals surface area contributed by atoms with E-state index >= 15 is 0 Å². The van der Waals surface area contributed by atoms with E-state index in [1.165, 1.54) is 13.0 Å². The maximum absolute atomic E-state index is 13.4. The largest absolute Gasteiger partial charge is 0.481 e. The van der Waals surface area contributed by atoms with Gasteiger partial charge >= 0.3 is 5.97 Å². The van der Waals surface area contributed by atoms with Crippen molar-refractivity contribution in [2.45, 2.75) is 25.2 Å². The number of aryl methyl sites for hydroxylation is 1. The van der Waals surface area contributed by atoms with E-state index in [1.807, 2.05) is 0 Å². The molecule has 0 bridgehead atoms. The number of nitrogens with zero attached hydrogens (tertiary/aromatic N) is 1. The molecule has 1 heterocycles. The summed E-state index contributed by atoms with van der Waals surface area (Å²) in [4.78, 5) is 11.0. The topological polar surface area (TPSA) is 74.7 Å². The summed E-state index contributed by atoms with van der Waals surface area (Å²) in [5, 5.41) is 8.95. The number of benzene rings is 1. The lowest BCUT2D eigenvalue weighted by atomic mass is 9.92. The minimum absolute atomic E-state index is 0.0788. The molecule has 1 aliphatic heterocycles. The van der Waals surface area contributed by atoms with Crippen molar-refractivity contribution >= 4 is 27.6 Å². The molecule has 2 rings (SSSR count). The van der Waals surface area contributed by atoms with Gasteiger partial charge in [0.15, 0.2) is 0 Å². The molecule has 122 valence electrons. The van der Waals surface area contributed by atoms with Crippen LogP contribution in [0, 0.1) is 24.6 Å². The highest BCUT2D eigenvalue weighted by Gasteiger charge is 2.37. The van der Waals surface area contributed by atoms with Crippen molar-refractivity contribution < 1.29 is 22.7 Å². The van der Waals surface area contributed by atoms with Crippen LogP contribution in [-0.2, 0) is 14.8 Å². The van der Waals surface area contributed by atoms with Crippen LogP contribution in [0.25, 0.3) is 0 Å².